The summed E-state index contributed by atoms with van der Waals surface area (Å²) in [6.45, 7) is 6.01. The van der Waals surface area contributed by atoms with Gasteiger partial charge in [0.05, 0.1) is 0 Å². The zero-order valence-electron chi connectivity index (χ0n) is 10.4. The molecule has 2 nitrogen and oxygen atoms in total. The third-order valence-electron chi connectivity index (χ3n) is 3.22. The Balaban J connectivity index is 2.52. The van der Waals surface area contributed by atoms with E-state index in [0.717, 1.165) is 19.3 Å². The molecule has 0 heterocycles. The van der Waals surface area contributed by atoms with E-state index in [1.807, 2.05) is 26.0 Å². The average molecular weight is 222 g/mol. The number of rotatable bonds is 5. The molecule has 0 amide bonds. The molecule has 1 unspecified atom stereocenters. The second-order valence-electron chi connectivity index (χ2n) is 4.88. The molecule has 0 saturated carbocycles. The smallest absolute Gasteiger partial charge is 0.138 e. The molecule has 0 aromatic heterocycles. The SMILES string of the molecule is CC[C@H](CC1C=CC(O)=CC1)C(=O)C(C)C. The summed E-state index contributed by atoms with van der Waals surface area (Å²) in [5.74, 6) is 1.42. The van der Waals surface area contributed by atoms with Crippen LogP contribution in [0.2, 0.25) is 0 Å². The number of aliphatic hydroxyl groups excluding tert-OH is 1. The molecule has 2 atom stereocenters. The van der Waals surface area contributed by atoms with Gasteiger partial charge in [0.1, 0.15) is 11.5 Å². The molecule has 16 heavy (non-hydrogen) atoms. The topological polar surface area (TPSA) is 37.3 Å². The Kier molecular flexibility index (Phi) is 4.78. The molecule has 0 radical (unpaired) electrons. The lowest BCUT2D eigenvalue weighted by Crippen LogP contribution is -2.22. The van der Waals surface area contributed by atoms with Crippen LogP contribution >= 0.6 is 0 Å². The fraction of sp³-hybridized carbons (Fsp3) is 0.643. The lowest BCUT2D eigenvalue weighted by Gasteiger charge is -2.21. The molecule has 1 rings (SSSR count). The first-order valence-electron chi connectivity index (χ1n) is 6.15. The maximum Gasteiger partial charge on any atom is 0.138 e. The van der Waals surface area contributed by atoms with Crippen LogP contribution in [-0.4, -0.2) is 10.9 Å². The molecular formula is C14H22O2. The van der Waals surface area contributed by atoms with Crippen molar-refractivity contribution in [3.8, 4) is 0 Å². The maximum absolute atomic E-state index is 11.9. The first-order chi connectivity index (χ1) is 7.54. The Morgan fingerprint density at radius 3 is 2.69 bits per heavy atom. The third kappa shape index (κ3) is 3.51. The highest BCUT2D eigenvalue weighted by molar-refractivity contribution is 5.82. The molecule has 0 aromatic rings. The number of ketones is 1. The normalized spacial score (nSPS) is 22.0. The van der Waals surface area contributed by atoms with Crippen LogP contribution in [0.5, 0.6) is 0 Å². The van der Waals surface area contributed by atoms with Crippen molar-refractivity contribution in [2.45, 2.75) is 40.0 Å². The van der Waals surface area contributed by atoms with Gasteiger partial charge in [-0.2, -0.15) is 0 Å². The second kappa shape index (κ2) is 5.88. The van der Waals surface area contributed by atoms with E-state index >= 15 is 0 Å². The highest BCUT2D eigenvalue weighted by Gasteiger charge is 2.22. The molecule has 0 saturated heterocycles. The van der Waals surface area contributed by atoms with Crippen molar-refractivity contribution < 1.29 is 9.90 Å². The number of hydrogen-bond acceptors (Lipinski definition) is 2. The first-order valence-corrected chi connectivity index (χ1v) is 6.15. The average Bonchev–Trinajstić information content (AvgIpc) is 2.27. The summed E-state index contributed by atoms with van der Waals surface area (Å²) in [6.07, 6.45) is 8.26. The Morgan fingerprint density at radius 1 is 1.56 bits per heavy atom. The first kappa shape index (κ1) is 13.0. The minimum atomic E-state index is 0.126. The van der Waals surface area contributed by atoms with E-state index in [-0.39, 0.29) is 11.8 Å². The number of carbonyl (C=O) groups is 1. The van der Waals surface area contributed by atoms with Crippen molar-refractivity contribution in [3.05, 3.63) is 24.0 Å². The summed E-state index contributed by atoms with van der Waals surface area (Å²) in [5, 5.41) is 9.22. The van der Waals surface area contributed by atoms with Gasteiger partial charge < -0.3 is 5.11 Å². The summed E-state index contributed by atoms with van der Waals surface area (Å²) < 4.78 is 0. The monoisotopic (exact) mass is 222 g/mol. The van der Waals surface area contributed by atoms with Crippen molar-refractivity contribution in [1.29, 1.82) is 0 Å². The number of carbonyl (C=O) groups excluding carboxylic acids is 1. The lowest BCUT2D eigenvalue weighted by atomic mass is 9.83. The molecule has 0 aromatic carbocycles. The maximum atomic E-state index is 11.9. The molecule has 0 bridgehead atoms. The molecule has 0 spiro atoms. The second-order valence-corrected chi connectivity index (χ2v) is 4.88. The van der Waals surface area contributed by atoms with Crippen LogP contribution in [0, 0.1) is 17.8 Å². The quantitative estimate of drug-likeness (QED) is 0.771. The Hall–Kier alpha value is -1.05. The van der Waals surface area contributed by atoms with Crippen LogP contribution < -0.4 is 0 Å². The number of hydrogen-bond donors (Lipinski definition) is 1. The van der Waals surface area contributed by atoms with Crippen molar-refractivity contribution in [3.63, 3.8) is 0 Å². The van der Waals surface area contributed by atoms with Gasteiger partial charge in [-0.1, -0.05) is 26.8 Å². The van der Waals surface area contributed by atoms with Crippen molar-refractivity contribution >= 4 is 5.78 Å². The largest absolute Gasteiger partial charge is 0.508 e. The van der Waals surface area contributed by atoms with Crippen LogP contribution in [0.1, 0.15) is 40.0 Å². The van der Waals surface area contributed by atoms with Gasteiger partial charge in [-0.25, -0.2) is 0 Å². The van der Waals surface area contributed by atoms with E-state index in [2.05, 4.69) is 6.92 Å². The summed E-state index contributed by atoms with van der Waals surface area (Å²) >= 11 is 0. The van der Waals surface area contributed by atoms with Gasteiger partial charge in [-0.15, -0.1) is 0 Å². The Morgan fingerprint density at radius 2 is 2.25 bits per heavy atom. The Bertz CT molecular complexity index is 300. The molecule has 1 aliphatic rings. The minimum Gasteiger partial charge on any atom is -0.508 e. The van der Waals surface area contributed by atoms with Crippen LogP contribution in [0.3, 0.4) is 0 Å². The van der Waals surface area contributed by atoms with Crippen molar-refractivity contribution in [2.24, 2.45) is 17.8 Å². The lowest BCUT2D eigenvalue weighted by molar-refractivity contribution is -0.126. The fourth-order valence-corrected chi connectivity index (χ4v) is 2.15. The summed E-state index contributed by atoms with van der Waals surface area (Å²) in [4.78, 5) is 11.9. The molecule has 90 valence electrons. The van der Waals surface area contributed by atoms with E-state index in [1.54, 1.807) is 6.08 Å². The summed E-state index contributed by atoms with van der Waals surface area (Å²) in [7, 11) is 0. The number of allylic oxidation sites excluding steroid dienone is 3. The van der Waals surface area contributed by atoms with Gasteiger partial charge >= 0.3 is 0 Å². The van der Waals surface area contributed by atoms with E-state index < -0.39 is 0 Å². The molecule has 1 aliphatic carbocycles. The molecule has 0 fully saturated rings. The van der Waals surface area contributed by atoms with Crippen LogP contribution in [0.4, 0.5) is 0 Å². The van der Waals surface area contributed by atoms with Crippen molar-refractivity contribution in [2.75, 3.05) is 0 Å². The van der Waals surface area contributed by atoms with Gasteiger partial charge in [0.2, 0.25) is 0 Å². The van der Waals surface area contributed by atoms with Gasteiger partial charge in [0.15, 0.2) is 0 Å². The van der Waals surface area contributed by atoms with Crippen molar-refractivity contribution in [1.82, 2.24) is 0 Å². The number of Topliss-reactive ketones (excluding diaryl/α,β-unsaturated/α-hetero) is 1. The third-order valence-corrected chi connectivity index (χ3v) is 3.22. The summed E-state index contributed by atoms with van der Waals surface area (Å²) in [5.41, 5.74) is 0. The van der Waals surface area contributed by atoms with Gasteiger partial charge in [-0.05, 0) is 37.3 Å². The van der Waals surface area contributed by atoms with Crippen LogP contribution in [0.25, 0.3) is 0 Å². The molecular weight excluding hydrogens is 200 g/mol. The highest BCUT2D eigenvalue weighted by Crippen LogP contribution is 2.26. The van der Waals surface area contributed by atoms with Crippen LogP contribution in [-0.2, 0) is 4.79 Å². The van der Waals surface area contributed by atoms with Crippen LogP contribution in [0.15, 0.2) is 24.0 Å². The molecule has 2 heteroatoms. The highest BCUT2D eigenvalue weighted by atomic mass is 16.3. The van der Waals surface area contributed by atoms with E-state index in [0.29, 0.717) is 17.5 Å². The summed E-state index contributed by atoms with van der Waals surface area (Å²) in [6, 6.07) is 0. The van der Waals surface area contributed by atoms with E-state index in [9.17, 15) is 9.90 Å². The minimum absolute atomic E-state index is 0.126. The van der Waals surface area contributed by atoms with Gasteiger partial charge in [-0.3, -0.25) is 4.79 Å². The predicted molar refractivity (Wildman–Crippen MR) is 66.2 cm³/mol. The van der Waals surface area contributed by atoms with E-state index in [1.165, 1.54) is 0 Å². The molecule has 0 aliphatic heterocycles. The van der Waals surface area contributed by atoms with Gasteiger partial charge in [0.25, 0.3) is 0 Å². The van der Waals surface area contributed by atoms with Gasteiger partial charge in [0, 0.05) is 11.8 Å². The molecule has 1 N–H and O–H groups in total. The zero-order chi connectivity index (χ0) is 12.1. The standard InChI is InChI=1S/C14H22O2/c1-4-12(14(16)10(2)3)9-11-5-7-13(15)8-6-11/h5,7-8,10-12,15H,4,6,9H2,1-3H3/t11?,12-/m1/s1. The predicted octanol–water partition coefficient (Wildman–Crippen LogP) is 3.65. The zero-order valence-corrected chi connectivity index (χ0v) is 10.4. The van der Waals surface area contributed by atoms with E-state index in [4.69, 9.17) is 0 Å². The Labute approximate surface area is 98.1 Å². The fourth-order valence-electron chi connectivity index (χ4n) is 2.15. The number of aliphatic hydroxyl groups is 1.